The lowest BCUT2D eigenvalue weighted by Gasteiger charge is -2.05. The topological polar surface area (TPSA) is 83.2 Å². The summed E-state index contributed by atoms with van der Waals surface area (Å²) in [5.41, 5.74) is 0.674. The highest BCUT2D eigenvalue weighted by Gasteiger charge is 2.13. The number of carbonyl (C=O) groups is 1. The lowest BCUT2D eigenvalue weighted by atomic mass is 10.1. The molecule has 0 saturated heterocycles. The second-order valence-corrected chi connectivity index (χ2v) is 2.63. The van der Waals surface area contributed by atoms with Crippen LogP contribution in [-0.2, 0) is 0 Å². The maximum absolute atomic E-state index is 10.6. The Morgan fingerprint density at radius 1 is 1.71 bits per heavy atom. The number of nitrogens with zero attached hydrogens (tertiary/aromatic N) is 2. The number of pyridine rings is 1. The van der Waals surface area contributed by atoms with Gasteiger partial charge in [-0.15, -0.1) is 0 Å². The van der Waals surface area contributed by atoms with Crippen LogP contribution < -0.4 is 4.74 Å². The summed E-state index contributed by atoms with van der Waals surface area (Å²) < 4.78 is 4.81. The van der Waals surface area contributed by atoms with Crippen LogP contribution in [0.1, 0.15) is 21.6 Å². The van der Waals surface area contributed by atoms with E-state index in [1.165, 1.54) is 13.2 Å². The number of aromatic carboxylic acids is 1. The number of carboxylic acid groups (broad SMARTS) is 1. The van der Waals surface area contributed by atoms with Crippen molar-refractivity contribution in [1.82, 2.24) is 4.98 Å². The van der Waals surface area contributed by atoms with E-state index >= 15 is 0 Å². The van der Waals surface area contributed by atoms with Crippen molar-refractivity contribution >= 4 is 5.97 Å². The van der Waals surface area contributed by atoms with E-state index in [4.69, 9.17) is 15.1 Å². The molecule has 0 aliphatic rings. The van der Waals surface area contributed by atoms with Gasteiger partial charge in [-0.25, -0.2) is 9.78 Å². The van der Waals surface area contributed by atoms with Crippen LogP contribution in [0.5, 0.6) is 5.88 Å². The molecule has 5 heteroatoms. The monoisotopic (exact) mass is 192 g/mol. The van der Waals surface area contributed by atoms with E-state index in [0.29, 0.717) is 5.56 Å². The first-order chi connectivity index (χ1) is 6.60. The molecule has 0 atom stereocenters. The lowest BCUT2D eigenvalue weighted by molar-refractivity contribution is 0.0689. The fourth-order valence-corrected chi connectivity index (χ4v) is 1.04. The van der Waals surface area contributed by atoms with Gasteiger partial charge in [-0.1, -0.05) is 0 Å². The molecule has 5 nitrogen and oxygen atoms in total. The summed E-state index contributed by atoms with van der Waals surface area (Å²) >= 11 is 0. The van der Waals surface area contributed by atoms with Gasteiger partial charge in [-0.3, -0.25) is 0 Å². The molecule has 14 heavy (non-hydrogen) atoms. The van der Waals surface area contributed by atoms with Crippen LogP contribution in [0.25, 0.3) is 0 Å². The second kappa shape index (κ2) is 3.75. The van der Waals surface area contributed by atoms with Crippen LogP contribution in [0.2, 0.25) is 0 Å². The maximum Gasteiger partial charge on any atom is 0.354 e. The van der Waals surface area contributed by atoms with Gasteiger partial charge in [0.05, 0.1) is 7.11 Å². The number of ether oxygens (including phenoxy) is 1. The van der Waals surface area contributed by atoms with Crippen LogP contribution in [0, 0.1) is 18.3 Å². The molecular formula is C9H8N2O3. The second-order valence-electron chi connectivity index (χ2n) is 2.63. The van der Waals surface area contributed by atoms with Crippen LogP contribution in [0.4, 0.5) is 0 Å². The van der Waals surface area contributed by atoms with Crippen molar-refractivity contribution in [1.29, 1.82) is 5.26 Å². The first-order valence-corrected chi connectivity index (χ1v) is 3.79. The lowest BCUT2D eigenvalue weighted by Crippen LogP contribution is -2.04. The fourth-order valence-electron chi connectivity index (χ4n) is 1.04. The van der Waals surface area contributed by atoms with Gasteiger partial charge >= 0.3 is 5.97 Å². The zero-order chi connectivity index (χ0) is 10.7. The zero-order valence-corrected chi connectivity index (χ0v) is 7.74. The molecule has 0 fully saturated rings. The Morgan fingerprint density at radius 2 is 2.36 bits per heavy atom. The molecule has 0 aliphatic heterocycles. The van der Waals surface area contributed by atoms with Gasteiger partial charge in [0.25, 0.3) is 0 Å². The average Bonchev–Trinajstić information content (AvgIpc) is 2.16. The van der Waals surface area contributed by atoms with E-state index in [1.807, 2.05) is 6.07 Å². The van der Waals surface area contributed by atoms with Crippen molar-refractivity contribution in [3.63, 3.8) is 0 Å². The number of aromatic nitrogens is 1. The highest BCUT2D eigenvalue weighted by molar-refractivity contribution is 5.86. The van der Waals surface area contributed by atoms with Crippen molar-refractivity contribution in [2.75, 3.05) is 7.11 Å². The minimum absolute atomic E-state index is 0.0462. The Kier molecular flexibility index (Phi) is 2.67. The van der Waals surface area contributed by atoms with Crippen molar-refractivity contribution in [2.45, 2.75) is 6.92 Å². The first kappa shape index (κ1) is 9.99. The predicted octanol–water partition coefficient (Wildman–Crippen LogP) is 0.968. The smallest absolute Gasteiger partial charge is 0.354 e. The zero-order valence-electron chi connectivity index (χ0n) is 7.74. The molecular weight excluding hydrogens is 184 g/mol. The third-order valence-electron chi connectivity index (χ3n) is 1.71. The Labute approximate surface area is 80.6 Å². The largest absolute Gasteiger partial charge is 0.480 e. The van der Waals surface area contributed by atoms with Crippen LogP contribution in [0.15, 0.2) is 6.07 Å². The summed E-state index contributed by atoms with van der Waals surface area (Å²) in [6, 6.07) is 3.24. The van der Waals surface area contributed by atoms with E-state index in [1.54, 1.807) is 6.92 Å². The number of rotatable bonds is 2. The number of hydrogen-bond acceptors (Lipinski definition) is 4. The Bertz CT molecular complexity index is 421. The molecule has 1 aromatic heterocycles. The summed E-state index contributed by atoms with van der Waals surface area (Å²) in [6.45, 7) is 1.63. The fraction of sp³-hybridized carbons (Fsp3) is 0.222. The summed E-state index contributed by atoms with van der Waals surface area (Å²) in [4.78, 5) is 14.3. The molecule has 0 unspecified atom stereocenters. The molecule has 1 heterocycles. The highest BCUT2D eigenvalue weighted by atomic mass is 16.5. The molecule has 0 aliphatic carbocycles. The van der Waals surface area contributed by atoms with Crippen LogP contribution >= 0.6 is 0 Å². The van der Waals surface area contributed by atoms with E-state index in [2.05, 4.69) is 4.98 Å². The maximum atomic E-state index is 10.6. The van der Waals surface area contributed by atoms with Gasteiger partial charge in [-0.05, 0) is 18.6 Å². The minimum Gasteiger partial charge on any atom is -0.480 e. The number of carboxylic acids is 1. The van der Waals surface area contributed by atoms with Gasteiger partial charge in [0.1, 0.15) is 11.6 Å². The van der Waals surface area contributed by atoms with Gasteiger partial charge in [0.15, 0.2) is 5.69 Å². The third-order valence-corrected chi connectivity index (χ3v) is 1.71. The van der Waals surface area contributed by atoms with Crippen LogP contribution in [0.3, 0.4) is 0 Å². The van der Waals surface area contributed by atoms with Crippen molar-refractivity contribution in [2.24, 2.45) is 0 Å². The van der Waals surface area contributed by atoms with Crippen LogP contribution in [-0.4, -0.2) is 23.2 Å². The predicted molar refractivity (Wildman–Crippen MR) is 47.2 cm³/mol. The van der Waals surface area contributed by atoms with Gasteiger partial charge in [0.2, 0.25) is 5.88 Å². The summed E-state index contributed by atoms with van der Waals surface area (Å²) in [5.74, 6) is -1.10. The van der Waals surface area contributed by atoms with E-state index in [9.17, 15) is 4.79 Å². The van der Waals surface area contributed by atoms with Crippen molar-refractivity contribution < 1.29 is 14.6 Å². The van der Waals surface area contributed by atoms with Gasteiger partial charge in [0, 0.05) is 0 Å². The Morgan fingerprint density at radius 3 is 2.79 bits per heavy atom. The average molecular weight is 192 g/mol. The summed E-state index contributed by atoms with van der Waals surface area (Å²) in [5, 5.41) is 17.4. The molecule has 1 rings (SSSR count). The summed E-state index contributed by atoms with van der Waals surface area (Å²) in [6.07, 6.45) is 0. The van der Waals surface area contributed by atoms with Gasteiger partial charge < -0.3 is 9.84 Å². The standard InChI is InChI=1S/C9H8N2O3/c1-5-3-7(9(12)13)11-8(14-2)6(5)4-10/h3H,1-2H3,(H,12,13). The van der Waals surface area contributed by atoms with E-state index in [0.717, 1.165) is 0 Å². The number of hydrogen-bond donors (Lipinski definition) is 1. The highest BCUT2D eigenvalue weighted by Crippen LogP contribution is 2.19. The number of nitriles is 1. The first-order valence-electron chi connectivity index (χ1n) is 3.79. The van der Waals surface area contributed by atoms with E-state index in [-0.39, 0.29) is 17.1 Å². The number of methoxy groups -OCH3 is 1. The quantitative estimate of drug-likeness (QED) is 0.754. The molecule has 0 saturated carbocycles. The molecule has 0 bridgehead atoms. The van der Waals surface area contributed by atoms with Crippen molar-refractivity contribution in [3.8, 4) is 11.9 Å². The van der Waals surface area contributed by atoms with Crippen molar-refractivity contribution in [3.05, 3.63) is 22.9 Å². The minimum atomic E-state index is -1.14. The molecule has 1 aromatic rings. The Balaban J connectivity index is 3.40. The van der Waals surface area contributed by atoms with Gasteiger partial charge in [-0.2, -0.15) is 5.26 Å². The normalized spacial score (nSPS) is 9.21. The molecule has 0 amide bonds. The summed E-state index contributed by atoms with van der Waals surface area (Å²) in [7, 11) is 1.34. The molecule has 0 spiro atoms. The molecule has 72 valence electrons. The third kappa shape index (κ3) is 1.64. The molecule has 0 radical (unpaired) electrons. The SMILES string of the molecule is COc1nc(C(=O)O)cc(C)c1C#N. The molecule has 0 aromatic carbocycles. The number of aryl methyl sites for hydroxylation is 1. The van der Waals surface area contributed by atoms with E-state index < -0.39 is 5.97 Å². The molecule has 1 N–H and O–H groups in total. The Hall–Kier alpha value is -2.09.